The van der Waals surface area contributed by atoms with E-state index >= 15 is 0 Å². The number of H-pyrrole nitrogens is 1. The van der Waals surface area contributed by atoms with Gasteiger partial charge in [0, 0.05) is 16.6 Å². The molecule has 0 bridgehead atoms. The van der Waals surface area contributed by atoms with E-state index in [0.717, 1.165) is 16.6 Å². The lowest BCUT2D eigenvalue weighted by Crippen LogP contribution is -2.13. The first-order valence-corrected chi connectivity index (χ1v) is 7.74. The molecule has 0 aliphatic rings. The van der Waals surface area contributed by atoms with Crippen molar-refractivity contribution in [3.63, 3.8) is 0 Å². The summed E-state index contributed by atoms with van der Waals surface area (Å²) in [6, 6.07) is 7.17. The number of aromatic amines is 1. The molecule has 3 aromatic rings. The van der Waals surface area contributed by atoms with E-state index in [2.05, 4.69) is 15.0 Å². The fourth-order valence-corrected chi connectivity index (χ4v) is 2.45. The number of halogens is 1. The molecule has 0 unspecified atom stereocenters. The van der Waals surface area contributed by atoms with Gasteiger partial charge in [-0.15, -0.1) is 0 Å². The van der Waals surface area contributed by atoms with Gasteiger partial charge in [-0.05, 0) is 31.2 Å². The van der Waals surface area contributed by atoms with Gasteiger partial charge in [-0.3, -0.25) is 4.98 Å². The van der Waals surface area contributed by atoms with E-state index in [4.69, 9.17) is 16.3 Å². The maximum atomic E-state index is 10.6. The topological polar surface area (TPSA) is 67.9 Å². The fourth-order valence-electron chi connectivity index (χ4n) is 2.08. The van der Waals surface area contributed by atoms with Crippen molar-refractivity contribution in [2.24, 2.45) is 0 Å². The number of aromatic nitrogens is 3. The molecule has 1 atom stereocenters. The minimum absolute atomic E-state index is 0.342. The molecule has 22 heavy (non-hydrogen) atoms. The van der Waals surface area contributed by atoms with Crippen LogP contribution < -0.4 is 4.74 Å². The first-order chi connectivity index (χ1) is 10.7. The highest BCUT2D eigenvalue weighted by molar-refractivity contribution is 7.64. The molecule has 0 aliphatic carbocycles. The standard InChI is InChI=1S/C15H12ClN3O2S/c1-9(8-22-20)21-14-6-10(16)2-3-11(14)15-18-12-4-5-17-7-13(12)19-15/h2-9H,1H3,(H,18,19)/t9-/m0/s1. The van der Waals surface area contributed by atoms with Crippen LogP contribution in [0.25, 0.3) is 22.4 Å². The second kappa shape index (κ2) is 6.29. The largest absolute Gasteiger partial charge is 0.485 e. The Morgan fingerprint density at radius 1 is 1.41 bits per heavy atom. The number of ether oxygens (including phenoxy) is 1. The smallest absolute Gasteiger partial charge is 0.142 e. The highest BCUT2D eigenvalue weighted by atomic mass is 35.5. The molecular weight excluding hydrogens is 322 g/mol. The number of pyridine rings is 1. The number of rotatable bonds is 4. The monoisotopic (exact) mass is 333 g/mol. The van der Waals surface area contributed by atoms with Crippen LogP contribution in [0.4, 0.5) is 0 Å². The summed E-state index contributed by atoms with van der Waals surface area (Å²) >= 11 is 6.42. The van der Waals surface area contributed by atoms with Crippen LogP contribution in [0.1, 0.15) is 6.92 Å². The maximum Gasteiger partial charge on any atom is 0.142 e. The van der Waals surface area contributed by atoms with Gasteiger partial charge in [-0.2, -0.15) is 0 Å². The quantitative estimate of drug-likeness (QED) is 0.745. The Morgan fingerprint density at radius 2 is 2.27 bits per heavy atom. The molecule has 0 fully saturated rings. The zero-order chi connectivity index (χ0) is 15.5. The number of imidazole rings is 1. The lowest BCUT2D eigenvalue weighted by atomic mass is 10.2. The van der Waals surface area contributed by atoms with Gasteiger partial charge < -0.3 is 9.72 Å². The van der Waals surface area contributed by atoms with Crippen molar-refractivity contribution in [3.8, 4) is 17.1 Å². The summed E-state index contributed by atoms with van der Waals surface area (Å²) in [6.07, 6.45) is 3.05. The Labute approximate surface area is 135 Å². The third-order valence-electron chi connectivity index (χ3n) is 3.04. The summed E-state index contributed by atoms with van der Waals surface area (Å²) < 4.78 is 16.4. The van der Waals surface area contributed by atoms with Crippen molar-refractivity contribution < 1.29 is 8.95 Å². The van der Waals surface area contributed by atoms with Gasteiger partial charge in [0.1, 0.15) is 23.2 Å². The number of nitrogens with one attached hydrogen (secondary N) is 1. The Morgan fingerprint density at radius 3 is 3.05 bits per heavy atom. The Kier molecular flexibility index (Phi) is 4.22. The van der Waals surface area contributed by atoms with Gasteiger partial charge in [0.25, 0.3) is 0 Å². The third-order valence-corrected chi connectivity index (χ3v) is 3.77. The average molecular weight is 334 g/mol. The first kappa shape index (κ1) is 14.7. The van der Waals surface area contributed by atoms with Crippen LogP contribution in [0.2, 0.25) is 5.02 Å². The molecule has 3 rings (SSSR count). The Hall–Kier alpha value is -2.18. The van der Waals surface area contributed by atoms with Gasteiger partial charge in [0.15, 0.2) is 0 Å². The van der Waals surface area contributed by atoms with Crippen LogP contribution in [0.3, 0.4) is 0 Å². The predicted octanol–water partition coefficient (Wildman–Crippen LogP) is 3.06. The highest BCUT2D eigenvalue weighted by Gasteiger charge is 2.13. The zero-order valence-corrected chi connectivity index (χ0v) is 13.2. The summed E-state index contributed by atoms with van der Waals surface area (Å²) in [6.45, 7) is 1.79. The van der Waals surface area contributed by atoms with Crippen molar-refractivity contribution in [3.05, 3.63) is 41.7 Å². The van der Waals surface area contributed by atoms with Crippen LogP contribution in [0.15, 0.2) is 36.7 Å². The molecule has 0 saturated heterocycles. The van der Waals surface area contributed by atoms with E-state index in [1.54, 1.807) is 31.5 Å². The van der Waals surface area contributed by atoms with Crippen molar-refractivity contribution in [2.75, 3.05) is 0 Å². The van der Waals surface area contributed by atoms with Gasteiger partial charge in [0.05, 0.1) is 28.5 Å². The van der Waals surface area contributed by atoms with Crippen LogP contribution in [-0.2, 0) is 11.3 Å². The molecule has 2 aromatic heterocycles. The molecule has 7 heteroatoms. The van der Waals surface area contributed by atoms with Gasteiger partial charge in [0.2, 0.25) is 0 Å². The van der Waals surface area contributed by atoms with Gasteiger partial charge in [-0.25, -0.2) is 9.19 Å². The first-order valence-electron chi connectivity index (χ1n) is 6.55. The summed E-state index contributed by atoms with van der Waals surface area (Å²) in [4.78, 5) is 11.8. The van der Waals surface area contributed by atoms with Crippen molar-refractivity contribution in [2.45, 2.75) is 13.0 Å². The molecule has 1 N–H and O–H groups in total. The highest BCUT2D eigenvalue weighted by Crippen LogP contribution is 2.32. The van der Waals surface area contributed by atoms with E-state index in [1.807, 2.05) is 12.1 Å². The van der Waals surface area contributed by atoms with Crippen LogP contribution in [0, 0.1) is 0 Å². The Bertz CT molecular complexity index is 841. The minimum Gasteiger partial charge on any atom is -0.485 e. The summed E-state index contributed by atoms with van der Waals surface area (Å²) in [7, 11) is 0. The molecule has 112 valence electrons. The van der Waals surface area contributed by atoms with E-state index < -0.39 is 0 Å². The molecule has 0 amide bonds. The molecule has 1 aromatic carbocycles. The second-order valence-corrected chi connectivity index (χ2v) is 5.58. The van der Waals surface area contributed by atoms with Crippen molar-refractivity contribution >= 4 is 39.3 Å². The predicted molar refractivity (Wildman–Crippen MR) is 88.6 cm³/mol. The molecular formula is C15H12ClN3O2S. The molecule has 0 saturated carbocycles. The van der Waals surface area contributed by atoms with Gasteiger partial charge >= 0.3 is 0 Å². The number of hydrogen-bond acceptors (Lipinski definition) is 4. The Balaban J connectivity index is 2.07. The fraction of sp³-hybridized carbons (Fsp3) is 0.133. The molecule has 2 heterocycles. The minimum atomic E-state index is -0.342. The normalized spacial score (nSPS) is 12.1. The number of fused-ring (bicyclic) bond motifs is 1. The van der Waals surface area contributed by atoms with E-state index in [9.17, 15) is 4.21 Å². The lowest BCUT2D eigenvalue weighted by molar-refractivity contribution is 0.295. The summed E-state index contributed by atoms with van der Waals surface area (Å²) in [5.74, 6) is 1.23. The zero-order valence-electron chi connectivity index (χ0n) is 11.6. The van der Waals surface area contributed by atoms with E-state index in [1.165, 1.54) is 5.37 Å². The van der Waals surface area contributed by atoms with E-state index in [-0.39, 0.29) is 6.10 Å². The number of nitrogens with zero attached hydrogens (tertiary/aromatic N) is 2. The summed E-state index contributed by atoms with van der Waals surface area (Å²) in [5.41, 5.74) is 2.44. The number of benzene rings is 1. The van der Waals surface area contributed by atoms with Crippen molar-refractivity contribution in [1.82, 2.24) is 15.0 Å². The average Bonchev–Trinajstić information content (AvgIpc) is 2.91. The molecule has 0 spiro atoms. The maximum absolute atomic E-state index is 10.6. The second-order valence-electron chi connectivity index (χ2n) is 4.67. The molecule has 0 radical (unpaired) electrons. The summed E-state index contributed by atoms with van der Waals surface area (Å²) in [5, 5.41) is 2.02. The third kappa shape index (κ3) is 3.03. The van der Waals surface area contributed by atoms with Crippen LogP contribution in [0.5, 0.6) is 5.75 Å². The SMILES string of the molecule is C[C@@H](C=S=O)Oc1cc(Cl)ccc1-c1nc2cnccc2[nH]1. The van der Waals surface area contributed by atoms with Crippen LogP contribution >= 0.6 is 11.6 Å². The lowest BCUT2D eigenvalue weighted by Gasteiger charge is -2.13. The molecule has 0 aliphatic heterocycles. The van der Waals surface area contributed by atoms with Crippen molar-refractivity contribution in [1.29, 1.82) is 0 Å². The van der Waals surface area contributed by atoms with Crippen LogP contribution in [-0.4, -0.2) is 30.6 Å². The van der Waals surface area contributed by atoms with Gasteiger partial charge in [-0.1, -0.05) is 11.6 Å². The number of hydrogen-bond donors (Lipinski definition) is 1. The molecule has 5 nitrogen and oxygen atoms in total. The van der Waals surface area contributed by atoms with E-state index in [0.29, 0.717) is 27.9 Å².